The highest BCUT2D eigenvalue weighted by Crippen LogP contribution is 2.46. The van der Waals surface area contributed by atoms with Crippen molar-refractivity contribution in [3.8, 4) is 5.88 Å². The van der Waals surface area contributed by atoms with E-state index in [4.69, 9.17) is 0 Å². The number of aliphatic hydroxyl groups is 1. The normalized spacial score (nSPS) is 21.0. The summed E-state index contributed by atoms with van der Waals surface area (Å²) in [6.07, 6.45) is -4.82. The van der Waals surface area contributed by atoms with E-state index in [0.29, 0.717) is 44.7 Å². The molecule has 0 saturated carbocycles. The Bertz CT molecular complexity index is 978. The van der Waals surface area contributed by atoms with Crippen molar-refractivity contribution in [2.75, 3.05) is 36.0 Å². The van der Waals surface area contributed by atoms with Gasteiger partial charge >= 0.3 is 12.4 Å². The number of hydrogen-bond donors (Lipinski definition) is 1. The number of hydrogen-bond acceptors (Lipinski definition) is 7. The topological polar surface area (TPSA) is 74.6 Å². The van der Waals surface area contributed by atoms with E-state index in [1.54, 1.807) is 0 Å². The van der Waals surface area contributed by atoms with Crippen LogP contribution in [-0.4, -0.2) is 58.7 Å². The van der Waals surface area contributed by atoms with E-state index in [1.807, 2.05) is 4.90 Å². The molecule has 0 amide bonds. The maximum atomic E-state index is 13.0. The summed E-state index contributed by atoms with van der Waals surface area (Å²) in [6.45, 7) is -0.230. The number of alkyl halides is 6. The van der Waals surface area contributed by atoms with Crippen LogP contribution in [0.1, 0.15) is 24.8 Å². The molecule has 2 aromatic heterocycles. The predicted octanol–water partition coefficient (Wildman–Crippen LogP) is 3.65. The molecule has 2 aliphatic heterocycles. The van der Waals surface area contributed by atoms with Crippen LogP contribution in [0.5, 0.6) is 5.88 Å². The second-order valence-electron chi connectivity index (χ2n) is 8.19. The van der Waals surface area contributed by atoms with Crippen LogP contribution in [0.2, 0.25) is 0 Å². The third kappa shape index (κ3) is 5.07. The van der Waals surface area contributed by atoms with E-state index in [2.05, 4.69) is 19.7 Å². The van der Waals surface area contributed by atoms with Gasteiger partial charge in [0.25, 0.3) is 0 Å². The van der Waals surface area contributed by atoms with E-state index in [1.165, 1.54) is 11.1 Å². The lowest BCUT2D eigenvalue weighted by Crippen LogP contribution is -2.47. The molecule has 1 atom stereocenters. The van der Waals surface area contributed by atoms with Crippen LogP contribution in [0, 0.1) is 5.41 Å². The number of anilines is 2. The van der Waals surface area contributed by atoms with Crippen molar-refractivity contribution >= 4 is 11.6 Å². The van der Waals surface area contributed by atoms with Crippen molar-refractivity contribution in [1.82, 2.24) is 15.0 Å². The largest absolute Gasteiger partial charge is 0.467 e. The zero-order valence-corrected chi connectivity index (χ0v) is 17.3. The van der Waals surface area contributed by atoms with Gasteiger partial charge in [-0.2, -0.15) is 31.3 Å². The Morgan fingerprint density at radius 2 is 1.73 bits per heavy atom. The van der Waals surface area contributed by atoms with Crippen molar-refractivity contribution in [1.29, 1.82) is 0 Å². The highest BCUT2D eigenvalue weighted by atomic mass is 19.4. The minimum absolute atomic E-state index is 0.0667. The van der Waals surface area contributed by atoms with Crippen LogP contribution < -0.4 is 14.5 Å². The van der Waals surface area contributed by atoms with Crippen LogP contribution >= 0.6 is 0 Å². The van der Waals surface area contributed by atoms with Gasteiger partial charge in [-0.25, -0.2) is 4.98 Å². The number of aliphatic hydroxyl groups excluding tert-OH is 1. The number of aromatic nitrogens is 3. The number of nitrogens with zero attached hydrogens (tertiary/aromatic N) is 5. The second kappa shape index (κ2) is 8.50. The summed E-state index contributed by atoms with van der Waals surface area (Å²) in [4.78, 5) is 15.3. The molecule has 1 N–H and O–H groups in total. The molecule has 33 heavy (non-hydrogen) atoms. The van der Waals surface area contributed by atoms with E-state index in [-0.39, 0.29) is 11.7 Å². The molecule has 7 nitrogen and oxygen atoms in total. The second-order valence-corrected chi connectivity index (χ2v) is 8.19. The molecule has 0 radical (unpaired) electrons. The average molecular weight is 477 g/mol. The van der Waals surface area contributed by atoms with Gasteiger partial charge in [-0.3, -0.25) is 4.98 Å². The predicted molar refractivity (Wildman–Crippen MR) is 105 cm³/mol. The fourth-order valence-corrected chi connectivity index (χ4v) is 4.32. The van der Waals surface area contributed by atoms with Crippen molar-refractivity contribution in [2.45, 2.75) is 37.8 Å². The van der Waals surface area contributed by atoms with Gasteiger partial charge < -0.3 is 19.6 Å². The van der Waals surface area contributed by atoms with Gasteiger partial charge in [0.05, 0.1) is 18.0 Å². The minimum Gasteiger partial charge on any atom is -0.467 e. The maximum Gasteiger partial charge on any atom is 0.422 e. The van der Waals surface area contributed by atoms with Gasteiger partial charge in [0.2, 0.25) is 5.88 Å². The molecule has 2 fully saturated rings. The Morgan fingerprint density at radius 1 is 1.03 bits per heavy atom. The highest BCUT2D eigenvalue weighted by molar-refractivity contribution is 5.45. The maximum absolute atomic E-state index is 13.0. The molecular formula is C20H21F6N5O2. The summed E-state index contributed by atoms with van der Waals surface area (Å²) in [5.74, 6) is 0.179. The molecule has 1 unspecified atom stereocenters. The van der Waals surface area contributed by atoms with Gasteiger partial charge in [-0.05, 0) is 31.4 Å². The summed E-state index contributed by atoms with van der Waals surface area (Å²) in [5, 5.41) is 11.0. The molecule has 2 aromatic rings. The fraction of sp³-hybridized carbons (Fsp3) is 0.550. The molecule has 0 aliphatic carbocycles. The SMILES string of the molecule is OC1N(c2cc(C(F)(F)F)ccn2)CCC12CCN(c1cncc(OCC(F)(F)F)n1)CC2. The first-order chi connectivity index (χ1) is 15.5. The lowest BCUT2D eigenvalue weighted by molar-refractivity contribution is -0.154. The summed E-state index contributed by atoms with van der Waals surface area (Å²) in [5.41, 5.74) is -1.37. The summed E-state index contributed by atoms with van der Waals surface area (Å²) in [7, 11) is 0. The van der Waals surface area contributed by atoms with Crippen molar-refractivity contribution < 1.29 is 36.2 Å². The van der Waals surface area contributed by atoms with Crippen molar-refractivity contribution in [3.05, 3.63) is 36.3 Å². The first-order valence-corrected chi connectivity index (χ1v) is 10.2. The van der Waals surface area contributed by atoms with Crippen LogP contribution in [0.3, 0.4) is 0 Å². The Morgan fingerprint density at radius 3 is 2.39 bits per heavy atom. The van der Waals surface area contributed by atoms with Crippen LogP contribution in [-0.2, 0) is 6.18 Å². The Kier molecular flexibility index (Phi) is 6.01. The number of halogens is 6. The van der Waals surface area contributed by atoms with E-state index < -0.39 is 36.2 Å². The van der Waals surface area contributed by atoms with Gasteiger partial charge in [0.1, 0.15) is 12.0 Å². The Hall–Kier alpha value is -2.83. The van der Waals surface area contributed by atoms with Gasteiger partial charge in [-0.15, -0.1) is 0 Å². The number of pyridine rings is 1. The highest BCUT2D eigenvalue weighted by Gasteiger charge is 2.49. The summed E-state index contributed by atoms with van der Waals surface area (Å²) < 4.78 is 80.9. The average Bonchev–Trinajstić information content (AvgIpc) is 3.08. The molecule has 0 bridgehead atoms. The Labute approximate surface area is 185 Å². The number of rotatable bonds is 4. The molecule has 4 rings (SSSR count). The number of piperidine rings is 1. The Balaban J connectivity index is 1.42. The molecule has 180 valence electrons. The van der Waals surface area contributed by atoms with Crippen LogP contribution in [0.15, 0.2) is 30.7 Å². The lowest BCUT2D eigenvalue weighted by atomic mass is 9.76. The van der Waals surface area contributed by atoms with E-state index in [9.17, 15) is 31.4 Å². The summed E-state index contributed by atoms with van der Waals surface area (Å²) >= 11 is 0. The third-order valence-electron chi connectivity index (χ3n) is 6.13. The molecule has 4 heterocycles. The van der Waals surface area contributed by atoms with Gasteiger partial charge in [0, 0.05) is 31.2 Å². The molecular weight excluding hydrogens is 456 g/mol. The fourth-order valence-electron chi connectivity index (χ4n) is 4.32. The lowest BCUT2D eigenvalue weighted by Gasteiger charge is -2.42. The van der Waals surface area contributed by atoms with Crippen LogP contribution in [0.25, 0.3) is 0 Å². The molecule has 2 saturated heterocycles. The third-order valence-corrected chi connectivity index (χ3v) is 6.13. The molecule has 1 spiro atoms. The molecule has 13 heteroatoms. The summed E-state index contributed by atoms with van der Waals surface area (Å²) in [6, 6.07) is 1.81. The first kappa shape index (κ1) is 23.3. The molecule has 2 aliphatic rings. The van der Waals surface area contributed by atoms with Gasteiger partial charge in [0.15, 0.2) is 12.4 Å². The van der Waals surface area contributed by atoms with E-state index in [0.717, 1.165) is 24.5 Å². The van der Waals surface area contributed by atoms with Crippen LogP contribution in [0.4, 0.5) is 38.0 Å². The quantitative estimate of drug-likeness (QED) is 0.674. The minimum atomic E-state index is -4.51. The van der Waals surface area contributed by atoms with Gasteiger partial charge in [-0.1, -0.05) is 0 Å². The standard InChI is InChI=1S/C20H21F6N5O2/c21-19(22,23)12-33-16-11-27-10-15(29-16)30-6-2-18(3-7-30)4-8-31(17(18)32)14-9-13(1-5-28-14)20(24,25)26/h1,5,9-11,17,32H,2-4,6-8,12H2. The molecule has 0 aromatic carbocycles. The van der Waals surface area contributed by atoms with E-state index >= 15 is 0 Å². The first-order valence-electron chi connectivity index (χ1n) is 10.2. The zero-order valence-electron chi connectivity index (χ0n) is 17.3. The van der Waals surface area contributed by atoms with Crippen molar-refractivity contribution in [2.24, 2.45) is 5.41 Å². The monoisotopic (exact) mass is 477 g/mol. The van der Waals surface area contributed by atoms with Crippen molar-refractivity contribution in [3.63, 3.8) is 0 Å². The number of ether oxygens (including phenoxy) is 1. The smallest absolute Gasteiger partial charge is 0.422 e. The zero-order chi connectivity index (χ0) is 23.9.